The predicted molar refractivity (Wildman–Crippen MR) is 86.4 cm³/mol. The van der Waals surface area contributed by atoms with Crippen LogP contribution in [-0.2, 0) is 11.3 Å². The van der Waals surface area contributed by atoms with Crippen LogP contribution in [0, 0.1) is 0 Å². The van der Waals surface area contributed by atoms with Crippen LogP contribution >= 0.6 is 0 Å². The molecule has 2 aliphatic heterocycles. The molecule has 0 aromatic carbocycles. The Morgan fingerprint density at radius 1 is 1.39 bits per heavy atom. The molecule has 0 aliphatic carbocycles. The third kappa shape index (κ3) is 3.32. The minimum Gasteiger partial charge on any atom is -0.453 e. The van der Waals surface area contributed by atoms with E-state index < -0.39 is 0 Å². The predicted octanol–water partition coefficient (Wildman–Crippen LogP) is 0.359. The Labute approximate surface area is 136 Å². The maximum atomic E-state index is 11.6. The summed E-state index contributed by atoms with van der Waals surface area (Å²) in [5, 5.41) is 3.39. The van der Waals surface area contributed by atoms with Crippen molar-refractivity contribution < 1.29 is 9.53 Å². The molecule has 1 fully saturated rings. The molecule has 3 heterocycles. The van der Waals surface area contributed by atoms with Gasteiger partial charge in [0.25, 0.3) is 0 Å². The number of carbonyl (C=O) groups is 1. The van der Waals surface area contributed by atoms with Crippen LogP contribution in [-0.4, -0.2) is 77.7 Å². The van der Waals surface area contributed by atoms with Gasteiger partial charge in [-0.2, -0.15) is 0 Å². The lowest BCUT2D eigenvalue weighted by molar-refractivity contribution is 0.0461. The van der Waals surface area contributed by atoms with Gasteiger partial charge in [0, 0.05) is 45.1 Å². The molecule has 1 atom stereocenters. The zero-order valence-corrected chi connectivity index (χ0v) is 13.9. The molecule has 1 aromatic heterocycles. The van der Waals surface area contributed by atoms with E-state index in [1.54, 1.807) is 4.90 Å². The highest BCUT2D eigenvalue weighted by molar-refractivity contribution is 5.67. The molecule has 0 spiro atoms. The Morgan fingerprint density at radius 3 is 2.78 bits per heavy atom. The summed E-state index contributed by atoms with van der Waals surface area (Å²) in [7, 11) is 5.50. The van der Waals surface area contributed by atoms with E-state index in [9.17, 15) is 4.79 Å². The number of carbonyl (C=O) groups excluding carboxylic acids is 1. The minimum atomic E-state index is -0.252. The summed E-state index contributed by atoms with van der Waals surface area (Å²) < 4.78 is 6.95. The van der Waals surface area contributed by atoms with Gasteiger partial charge in [-0.15, -0.1) is 0 Å². The molecule has 2 aliphatic rings. The quantitative estimate of drug-likeness (QED) is 0.867. The van der Waals surface area contributed by atoms with Gasteiger partial charge in [0.1, 0.15) is 5.82 Å². The molecule has 1 amide bonds. The van der Waals surface area contributed by atoms with Gasteiger partial charge < -0.3 is 19.9 Å². The third-order valence-corrected chi connectivity index (χ3v) is 4.12. The first-order valence-electron chi connectivity index (χ1n) is 7.80. The highest BCUT2D eigenvalue weighted by Gasteiger charge is 2.29. The highest BCUT2D eigenvalue weighted by Crippen LogP contribution is 2.21. The number of methoxy groups -OCH3 is 1. The topological polar surface area (TPSA) is 65.9 Å². The van der Waals surface area contributed by atoms with Gasteiger partial charge >= 0.3 is 6.09 Å². The fourth-order valence-corrected chi connectivity index (χ4v) is 3.03. The maximum absolute atomic E-state index is 11.6. The van der Waals surface area contributed by atoms with E-state index in [1.165, 1.54) is 7.11 Å². The molecule has 8 nitrogen and oxygen atoms in total. The third-order valence-electron chi connectivity index (χ3n) is 4.12. The second kappa shape index (κ2) is 6.59. The number of rotatable bonds is 3. The first-order chi connectivity index (χ1) is 11.1. The average Bonchev–Trinajstić information content (AvgIpc) is 2.95. The Kier molecular flexibility index (Phi) is 4.53. The van der Waals surface area contributed by atoms with Crippen molar-refractivity contribution in [2.24, 2.45) is 0 Å². The Balaban J connectivity index is 1.70. The van der Waals surface area contributed by atoms with Crippen LogP contribution < -0.4 is 5.32 Å². The second-order valence-corrected chi connectivity index (χ2v) is 6.10. The van der Waals surface area contributed by atoms with Crippen LogP contribution in [0.4, 0.5) is 4.79 Å². The zero-order chi connectivity index (χ0) is 16.4. The number of amides is 1. The second-order valence-electron chi connectivity index (χ2n) is 6.10. The van der Waals surface area contributed by atoms with Crippen molar-refractivity contribution >= 4 is 12.2 Å². The number of fused-ring (bicyclic) bond motifs is 1. The maximum Gasteiger partial charge on any atom is 0.409 e. The molecule has 1 aromatic rings. The van der Waals surface area contributed by atoms with E-state index in [4.69, 9.17) is 4.74 Å². The summed E-state index contributed by atoms with van der Waals surface area (Å²) in [4.78, 5) is 22.4. The lowest BCUT2D eigenvalue weighted by Gasteiger charge is -2.40. The van der Waals surface area contributed by atoms with Crippen molar-refractivity contribution in [1.82, 2.24) is 29.6 Å². The van der Waals surface area contributed by atoms with E-state index >= 15 is 0 Å². The number of aromatic nitrogens is 2. The van der Waals surface area contributed by atoms with Crippen LogP contribution in [0.3, 0.4) is 0 Å². The summed E-state index contributed by atoms with van der Waals surface area (Å²) in [5.41, 5.74) is 1.05. The SMILES string of the molecule is COC(=O)N1CCN(C2NC=Cc3nc(CN(C)C)cn32)CC1. The standard InChI is InChI=1S/C15H24N6O2/c1-18(2)10-12-11-21-13(17-12)4-5-16-14(21)19-6-8-20(9-7-19)15(22)23-3/h4-5,11,14,16H,6-10H2,1-3H3. The molecule has 126 valence electrons. The normalized spacial score (nSPS) is 21.2. The van der Waals surface area contributed by atoms with Crippen molar-refractivity contribution in [1.29, 1.82) is 0 Å². The average molecular weight is 320 g/mol. The number of nitrogens with zero attached hydrogens (tertiary/aromatic N) is 5. The van der Waals surface area contributed by atoms with E-state index in [0.717, 1.165) is 31.2 Å². The summed E-state index contributed by atoms with van der Waals surface area (Å²) in [6.45, 7) is 3.74. The molecule has 0 radical (unpaired) electrons. The van der Waals surface area contributed by atoms with Crippen LogP contribution in [0.5, 0.6) is 0 Å². The monoisotopic (exact) mass is 320 g/mol. The van der Waals surface area contributed by atoms with E-state index in [-0.39, 0.29) is 12.4 Å². The summed E-state index contributed by atoms with van der Waals surface area (Å²) in [6, 6.07) is 0. The first kappa shape index (κ1) is 15.8. The molecule has 1 saturated heterocycles. The molecule has 0 saturated carbocycles. The van der Waals surface area contributed by atoms with Crippen molar-refractivity contribution in [3.63, 3.8) is 0 Å². The zero-order valence-electron chi connectivity index (χ0n) is 13.9. The number of nitrogens with one attached hydrogen (secondary N) is 1. The van der Waals surface area contributed by atoms with E-state index in [2.05, 4.69) is 30.9 Å². The van der Waals surface area contributed by atoms with Gasteiger partial charge in [0.2, 0.25) is 0 Å². The molecule has 1 unspecified atom stereocenters. The Morgan fingerprint density at radius 2 is 2.13 bits per heavy atom. The van der Waals surface area contributed by atoms with Gasteiger partial charge in [0.15, 0.2) is 6.29 Å². The molecule has 1 N–H and O–H groups in total. The Hall–Kier alpha value is -2.06. The van der Waals surface area contributed by atoms with Crippen molar-refractivity contribution in [3.8, 4) is 0 Å². The molecular formula is C15H24N6O2. The van der Waals surface area contributed by atoms with E-state index in [1.807, 2.05) is 26.4 Å². The lowest BCUT2D eigenvalue weighted by Crippen LogP contribution is -2.53. The Bertz CT molecular complexity index is 589. The number of hydrogen-bond acceptors (Lipinski definition) is 6. The number of ether oxygens (including phenoxy) is 1. The summed E-state index contributed by atoms with van der Waals surface area (Å²) in [5.74, 6) is 0.959. The summed E-state index contributed by atoms with van der Waals surface area (Å²) in [6.07, 6.45) is 5.82. The van der Waals surface area contributed by atoms with Crippen LogP contribution in [0.15, 0.2) is 12.4 Å². The van der Waals surface area contributed by atoms with Crippen molar-refractivity contribution in [2.75, 3.05) is 47.4 Å². The fraction of sp³-hybridized carbons (Fsp3) is 0.600. The van der Waals surface area contributed by atoms with Gasteiger partial charge in [0.05, 0.1) is 12.8 Å². The molecule has 3 rings (SSSR count). The fourth-order valence-electron chi connectivity index (χ4n) is 3.03. The number of hydrogen-bond donors (Lipinski definition) is 1. The molecule has 8 heteroatoms. The van der Waals surface area contributed by atoms with Crippen molar-refractivity contribution in [3.05, 3.63) is 23.9 Å². The van der Waals surface area contributed by atoms with Crippen molar-refractivity contribution in [2.45, 2.75) is 12.8 Å². The lowest BCUT2D eigenvalue weighted by atomic mass is 10.3. The number of piperazine rings is 1. The highest BCUT2D eigenvalue weighted by atomic mass is 16.5. The summed E-state index contributed by atoms with van der Waals surface area (Å²) >= 11 is 0. The first-order valence-corrected chi connectivity index (χ1v) is 7.80. The largest absolute Gasteiger partial charge is 0.453 e. The van der Waals surface area contributed by atoms with E-state index in [0.29, 0.717) is 13.1 Å². The molecular weight excluding hydrogens is 296 g/mol. The minimum absolute atomic E-state index is 0.0400. The van der Waals surface area contributed by atoms with Crippen LogP contribution in [0.25, 0.3) is 6.08 Å². The van der Waals surface area contributed by atoms with Gasteiger partial charge in [-0.1, -0.05) is 0 Å². The smallest absolute Gasteiger partial charge is 0.409 e. The van der Waals surface area contributed by atoms with Gasteiger partial charge in [-0.3, -0.25) is 9.47 Å². The van der Waals surface area contributed by atoms with Crippen LogP contribution in [0.1, 0.15) is 17.8 Å². The molecule has 23 heavy (non-hydrogen) atoms. The van der Waals surface area contributed by atoms with Gasteiger partial charge in [-0.25, -0.2) is 9.78 Å². The number of imidazole rings is 1. The molecule has 0 bridgehead atoms. The van der Waals surface area contributed by atoms with Crippen LogP contribution in [0.2, 0.25) is 0 Å². The van der Waals surface area contributed by atoms with Gasteiger partial charge in [-0.05, 0) is 20.2 Å².